The first-order chi connectivity index (χ1) is 13.2. The maximum Gasteiger partial charge on any atom is 0.310 e. The molecule has 0 spiro atoms. The van der Waals surface area contributed by atoms with Gasteiger partial charge in [0.2, 0.25) is 0 Å². The molecule has 27 heavy (non-hydrogen) atoms. The van der Waals surface area contributed by atoms with Gasteiger partial charge in [0.25, 0.3) is 0 Å². The Kier molecular flexibility index (Phi) is 5.01. The Morgan fingerprint density at radius 3 is 2.81 bits per heavy atom. The number of hydrogen-bond acceptors (Lipinski definition) is 5. The second-order valence-corrected chi connectivity index (χ2v) is 6.85. The fourth-order valence-corrected chi connectivity index (χ4v) is 3.65. The Morgan fingerprint density at radius 2 is 2.00 bits per heavy atom. The van der Waals surface area contributed by atoms with Crippen molar-refractivity contribution >= 4 is 22.7 Å². The smallest absolute Gasteiger partial charge is 0.310 e. The van der Waals surface area contributed by atoms with Crippen molar-refractivity contribution in [1.29, 1.82) is 0 Å². The van der Waals surface area contributed by atoms with Gasteiger partial charge < -0.3 is 9.64 Å². The van der Waals surface area contributed by atoms with Crippen molar-refractivity contribution in [3.63, 3.8) is 0 Å². The highest BCUT2D eigenvalue weighted by atomic mass is 16.5. The van der Waals surface area contributed by atoms with Gasteiger partial charge in [0.15, 0.2) is 0 Å². The Balaban J connectivity index is 1.57. The van der Waals surface area contributed by atoms with E-state index in [-0.39, 0.29) is 11.9 Å². The van der Waals surface area contributed by atoms with Gasteiger partial charge in [-0.15, -0.1) is 0 Å². The fraction of sp³-hybridized carbons (Fsp3) is 0.318. The van der Waals surface area contributed by atoms with Gasteiger partial charge in [-0.2, -0.15) is 0 Å². The molecule has 0 saturated carbocycles. The summed E-state index contributed by atoms with van der Waals surface area (Å²) in [6, 6.07) is 14.5. The monoisotopic (exact) mass is 361 g/mol. The molecule has 5 heteroatoms. The first kappa shape index (κ1) is 17.5. The number of benzene rings is 1. The first-order valence-electron chi connectivity index (χ1n) is 9.47. The number of piperidine rings is 1. The van der Waals surface area contributed by atoms with E-state index in [9.17, 15) is 4.79 Å². The van der Waals surface area contributed by atoms with Gasteiger partial charge in [-0.05, 0) is 67.3 Å². The number of carbonyl (C=O) groups excluding carboxylic acids is 1. The number of rotatable bonds is 4. The molecule has 3 aromatic rings. The van der Waals surface area contributed by atoms with E-state index >= 15 is 0 Å². The molecule has 0 bridgehead atoms. The molecular weight excluding hydrogens is 338 g/mol. The zero-order chi connectivity index (χ0) is 18.6. The Hall–Kier alpha value is -2.95. The Bertz CT molecular complexity index is 943. The predicted molar refractivity (Wildman–Crippen MR) is 107 cm³/mol. The van der Waals surface area contributed by atoms with Crippen LogP contribution in [-0.4, -0.2) is 35.6 Å². The summed E-state index contributed by atoms with van der Waals surface area (Å²) >= 11 is 0. The molecule has 1 saturated heterocycles. The lowest BCUT2D eigenvalue weighted by atomic mass is 9.98. The third-order valence-corrected chi connectivity index (χ3v) is 5.05. The average molecular weight is 361 g/mol. The number of anilines is 1. The molecule has 1 aliphatic heterocycles. The number of carbonyl (C=O) groups is 1. The van der Waals surface area contributed by atoms with Gasteiger partial charge in [-0.25, -0.2) is 4.98 Å². The lowest BCUT2D eigenvalue weighted by Gasteiger charge is -2.32. The first-order valence-corrected chi connectivity index (χ1v) is 9.47. The molecule has 1 atom stereocenters. The summed E-state index contributed by atoms with van der Waals surface area (Å²) in [5.74, 6) is 0.767. The van der Waals surface area contributed by atoms with Crippen LogP contribution in [0.2, 0.25) is 0 Å². The van der Waals surface area contributed by atoms with Gasteiger partial charge in [0.05, 0.1) is 18.0 Å². The van der Waals surface area contributed by atoms with Crippen LogP contribution in [0.25, 0.3) is 22.0 Å². The SMILES string of the molecule is CCOC(=O)C1CCCN(c2ccc3cc(-c4ccncc4)ccc3n2)C1. The summed E-state index contributed by atoms with van der Waals surface area (Å²) in [6.45, 7) is 3.88. The van der Waals surface area contributed by atoms with Crippen LogP contribution in [-0.2, 0) is 9.53 Å². The van der Waals surface area contributed by atoms with Crippen molar-refractivity contribution in [3.8, 4) is 11.1 Å². The summed E-state index contributed by atoms with van der Waals surface area (Å²) in [5, 5.41) is 1.10. The number of aromatic nitrogens is 2. The molecule has 2 aromatic heterocycles. The standard InChI is InChI=1S/C22H23N3O2/c1-2-27-22(26)19-4-3-13-25(15-19)21-8-6-18-14-17(5-7-20(18)24-21)16-9-11-23-12-10-16/h5-12,14,19H,2-4,13,15H2,1H3. The summed E-state index contributed by atoms with van der Waals surface area (Å²) < 4.78 is 5.20. The molecule has 1 unspecified atom stereocenters. The third kappa shape index (κ3) is 3.77. The summed E-state index contributed by atoms with van der Waals surface area (Å²) in [4.78, 5) is 23.2. The zero-order valence-corrected chi connectivity index (χ0v) is 15.5. The molecule has 5 nitrogen and oxygen atoms in total. The maximum absolute atomic E-state index is 12.1. The van der Waals surface area contributed by atoms with Crippen LogP contribution < -0.4 is 4.90 Å². The minimum Gasteiger partial charge on any atom is -0.466 e. The number of fused-ring (bicyclic) bond motifs is 1. The lowest BCUT2D eigenvalue weighted by molar-refractivity contribution is -0.148. The second-order valence-electron chi connectivity index (χ2n) is 6.85. The van der Waals surface area contributed by atoms with Gasteiger partial charge in [0, 0.05) is 30.9 Å². The van der Waals surface area contributed by atoms with E-state index in [0.717, 1.165) is 47.2 Å². The van der Waals surface area contributed by atoms with E-state index < -0.39 is 0 Å². The Morgan fingerprint density at radius 1 is 1.15 bits per heavy atom. The van der Waals surface area contributed by atoms with Crippen molar-refractivity contribution in [2.75, 3.05) is 24.6 Å². The van der Waals surface area contributed by atoms with Crippen molar-refractivity contribution < 1.29 is 9.53 Å². The van der Waals surface area contributed by atoms with Gasteiger partial charge in [-0.1, -0.05) is 6.07 Å². The number of nitrogens with zero attached hydrogens (tertiary/aromatic N) is 3. The predicted octanol–water partition coefficient (Wildman–Crippen LogP) is 4.08. The van der Waals surface area contributed by atoms with Crippen LogP contribution >= 0.6 is 0 Å². The molecule has 1 aliphatic rings. The zero-order valence-electron chi connectivity index (χ0n) is 15.5. The molecule has 0 radical (unpaired) electrons. The van der Waals surface area contributed by atoms with Crippen LogP contribution in [0.5, 0.6) is 0 Å². The highest BCUT2D eigenvalue weighted by molar-refractivity contribution is 5.85. The summed E-state index contributed by atoms with van der Waals surface area (Å²) in [5.41, 5.74) is 3.26. The average Bonchev–Trinajstić information content (AvgIpc) is 2.74. The van der Waals surface area contributed by atoms with Crippen LogP contribution in [0, 0.1) is 5.92 Å². The molecular formula is C22H23N3O2. The quantitative estimate of drug-likeness (QED) is 0.656. The minimum absolute atomic E-state index is 0.0646. The van der Waals surface area contributed by atoms with Crippen molar-refractivity contribution in [2.45, 2.75) is 19.8 Å². The van der Waals surface area contributed by atoms with Crippen LogP contribution in [0.4, 0.5) is 5.82 Å². The molecule has 1 fully saturated rings. The van der Waals surface area contributed by atoms with E-state index in [1.165, 1.54) is 0 Å². The molecule has 3 heterocycles. The summed E-state index contributed by atoms with van der Waals surface area (Å²) in [7, 11) is 0. The van der Waals surface area contributed by atoms with Crippen LogP contribution in [0.3, 0.4) is 0 Å². The molecule has 1 aromatic carbocycles. The van der Waals surface area contributed by atoms with Gasteiger partial charge >= 0.3 is 5.97 Å². The van der Waals surface area contributed by atoms with Crippen molar-refractivity contribution in [2.24, 2.45) is 5.92 Å². The molecule has 0 amide bonds. The van der Waals surface area contributed by atoms with Gasteiger partial charge in [-0.3, -0.25) is 9.78 Å². The van der Waals surface area contributed by atoms with E-state index in [0.29, 0.717) is 13.2 Å². The van der Waals surface area contributed by atoms with Crippen LogP contribution in [0.1, 0.15) is 19.8 Å². The van der Waals surface area contributed by atoms with E-state index in [4.69, 9.17) is 9.72 Å². The number of hydrogen-bond donors (Lipinski definition) is 0. The topological polar surface area (TPSA) is 55.3 Å². The molecule has 0 aliphatic carbocycles. The normalized spacial score (nSPS) is 17.1. The number of pyridine rings is 2. The molecule has 4 rings (SSSR count). The molecule has 0 N–H and O–H groups in total. The fourth-order valence-electron chi connectivity index (χ4n) is 3.65. The van der Waals surface area contributed by atoms with E-state index in [1.54, 1.807) is 12.4 Å². The maximum atomic E-state index is 12.1. The van der Waals surface area contributed by atoms with E-state index in [1.807, 2.05) is 25.1 Å². The minimum atomic E-state index is -0.0926. The highest BCUT2D eigenvalue weighted by Gasteiger charge is 2.27. The number of ether oxygens (including phenoxy) is 1. The lowest BCUT2D eigenvalue weighted by Crippen LogP contribution is -2.39. The van der Waals surface area contributed by atoms with Crippen molar-refractivity contribution in [1.82, 2.24) is 9.97 Å². The van der Waals surface area contributed by atoms with E-state index in [2.05, 4.69) is 34.1 Å². The Labute approximate surface area is 159 Å². The van der Waals surface area contributed by atoms with Gasteiger partial charge in [0.1, 0.15) is 5.82 Å². The largest absolute Gasteiger partial charge is 0.466 e. The highest BCUT2D eigenvalue weighted by Crippen LogP contribution is 2.27. The summed E-state index contributed by atoms with van der Waals surface area (Å²) in [6.07, 6.45) is 5.47. The second kappa shape index (κ2) is 7.74. The van der Waals surface area contributed by atoms with Crippen molar-refractivity contribution in [3.05, 3.63) is 54.9 Å². The third-order valence-electron chi connectivity index (χ3n) is 5.05. The number of esters is 1. The molecule has 138 valence electrons. The van der Waals surface area contributed by atoms with Crippen LogP contribution in [0.15, 0.2) is 54.9 Å².